The lowest BCUT2D eigenvalue weighted by Gasteiger charge is -2.23. The predicted molar refractivity (Wildman–Crippen MR) is 80.4 cm³/mol. The molecular formula is C15H24N2S. The molecule has 3 heteroatoms. The number of rotatable bonds is 6. The van der Waals surface area contributed by atoms with E-state index in [1.165, 1.54) is 42.1 Å². The summed E-state index contributed by atoms with van der Waals surface area (Å²) in [5.41, 5.74) is 1.34. The Morgan fingerprint density at radius 3 is 2.83 bits per heavy atom. The largest absolute Gasteiger partial charge is 0.318 e. The van der Waals surface area contributed by atoms with Crippen LogP contribution in [0.2, 0.25) is 0 Å². The molecule has 0 aliphatic carbocycles. The molecule has 1 heterocycles. The fourth-order valence-electron chi connectivity index (χ4n) is 2.57. The van der Waals surface area contributed by atoms with E-state index in [2.05, 4.69) is 48.5 Å². The van der Waals surface area contributed by atoms with Crippen molar-refractivity contribution >= 4 is 11.8 Å². The van der Waals surface area contributed by atoms with Gasteiger partial charge < -0.3 is 5.32 Å². The first kappa shape index (κ1) is 13.9. The first-order valence-electron chi connectivity index (χ1n) is 6.87. The van der Waals surface area contributed by atoms with Crippen LogP contribution in [0.4, 0.5) is 0 Å². The highest BCUT2D eigenvalue weighted by molar-refractivity contribution is 7.99. The van der Waals surface area contributed by atoms with Crippen LogP contribution in [0.5, 0.6) is 0 Å². The van der Waals surface area contributed by atoms with Crippen LogP contribution in [-0.2, 0) is 0 Å². The normalized spacial score (nSPS) is 20.4. The van der Waals surface area contributed by atoms with E-state index in [-0.39, 0.29) is 0 Å². The van der Waals surface area contributed by atoms with Crippen molar-refractivity contribution in [3.05, 3.63) is 29.8 Å². The first-order chi connectivity index (χ1) is 8.79. The fraction of sp³-hybridized carbons (Fsp3) is 0.600. The number of likely N-dealkylation sites (tertiary alicyclic amines) is 1. The molecule has 1 aliphatic rings. The van der Waals surface area contributed by atoms with E-state index >= 15 is 0 Å². The van der Waals surface area contributed by atoms with Crippen LogP contribution in [0.1, 0.15) is 18.4 Å². The van der Waals surface area contributed by atoms with E-state index in [1.54, 1.807) is 0 Å². The molecule has 18 heavy (non-hydrogen) atoms. The van der Waals surface area contributed by atoms with Gasteiger partial charge in [0.2, 0.25) is 0 Å². The van der Waals surface area contributed by atoms with Crippen LogP contribution in [0.25, 0.3) is 0 Å². The van der Waals surface area contributed by atoms with Crippen molar-refractivity contribution in [1.29, 1.82) is 0 Å². The van der Waals surface area contributed by atoms with E-state index in [0.29, 0.717) is 0 Å². The molecule has 1 N–H and O–H groups in total. The number of thioether (sulfide) groups is 1. The molecule has 0 spiro atoms. The lowest BCUT2D eigenvalue weighted by molar-refractivity contribution is 0.266. The van der Waals surface area contributed by atoms with Crippen LogP contribution in [0.3, 0.4) is 0 Å². The third-order valence-electron chi connectivity index (χ3n) is 3.61. The van der Waals surface area contributed by atoms with Gasteiger partial charge in [-0.15, -0.1) is 11.8 Å². The van der Waals surface area contributed by atoms with Gasteiger partial charge in [0.15, 0.2) is 0 Å². The molecule has 1 aliphatic heterocycles. The van der Waals surface area contributed by atoms with Crippen molar-refractivity contribution in [1.82, 2.24) is 10.2 Å². The zero-order valence-corrected chi connectivity index (χ0v) is 12.3. The van der Waals surface area contributed by atoms with Gasteiger partial charge in [-0.25, -0.2) is 0 Å². The lowest BCUT2D eigenvalue weighted by atomic mass is 10.2. The fourth-order valence-corrected chi connectivity index (χ4v) is 3.46. The zero-order valence-electron chi connectivity index (χ0n) is 11.5. The topological polar surface area (TPSA) is 15.3 Å². The maximum absolute atomic E-state index is 3.31. The molecule has 0 bridgehead atoms. The van der Waals surface area contributed by atoms with Crippen molar-refractivity contribution in [2.24, 2.45) is 0 Å². The summed E-state index contributed by atoms with van der Waals surface area (Å²) in [4.78, 5) is 4.03. The van der Waals surface area contributed by atoms with Crippen molar-refractivity contribution in [3.63, 3.8) is 0 Å². The smallest absolute Gasteiger partial charge is 0.0221 e. The van der Waals surface area contributed by atoms with Gasteiger partial charge in [0.25, 0.3) is 0 Å². The second-order valence-electron chi connectivity index (χ2n) is 5.05. The maximum Gasteiger partial charge on any atom is 0.0221 e. The van der Waals surface area contributed by atoms with Gasteiger partial charge in [-0.2, -0.15) is 0 Å². The summed E-state index contributed by atoms with van der Waals surface area (Å²) < 4.78 is 0. The molecule has 0 aromatic heterocycles. The summed E-state index contributed by atoms with van der Waals surface area (Å²) in [6, 6.07) is 9.61. The summed E-state index contributed by atoms with van der Waals surface area (Å²) in [6.07, 6.45) is 2.72. The molecule has 1 fully saturated rings. The van der Waals surface area contributed by atoms with Gasteiger partial charge in [0, 0.05) is 29.8 Å². The van der Waals surface area contributed by atoms with E-state index in [9.17, 15) is 0 Å². The maximum atomic E-state index is 3.31. The molecular weight excluding hydrogens is 240 g/mol. The van der Waals surface area contributed by atoms with Crippen LogP contribution in [0.15, 0.2) is 29.2 Å². The minimum Gasteiger partial charge on any atom is -0.318 e. The molecule has 1 aromatic rings. The molecule has 1 unspecified atom stereocenters. The van der Waals surface area contributed by atoms with Crippen molar-refractivity contribution in [2.75, 3.05) is 32.4 Å². The van der Waals surface area contributed by atoms with Crippen LogP contribution < -0.4 is 5.32 Å². The third-order valence-corrected chi connectivity index (χ3v) is 4.60. The number of nitrogens with one attached hydrogen (secondary N) is 1. The van der Waals surface area contributed by atoms with Crippen LogP contribution >= 0.6 is 11.8 Å². The molecule has 0 amide bonds. The average molecular weight is 264 g/mol. The zero-order chi connectivity index (χ0) is 12.8. The summed E-state index contributed by atoms with van der Waals surface area (Å²) in [7, 11) is 2.05. The average Bonchev–Trinajstić information content (AvgIpc) is 2.80. The van der Waals surface area contributed by atoms with Gasteiger partial charge in [-0.05, 0) is 45.5 Å². The van der Waals surface area contributed by atoms with E-state index in [0.717, 1.165) is 12.6 Å². The van der Waals surface area contributed by atoms with E-state index in [4.69, 9.17) is 0 Å². The number of nitrogens with zero attached hydrogens (tertiary/aromatic N) is 1. The Labute approximate surface area is 115 Å². The van der Waals surface area contributed by atoms with Gasteiger partial charge >= 0.3 is 0 Å². The second kappa shape index (κ2) is 7.17. The van der Waals surface area contributed by atoms with E-state index < -0.39 is 0 Å². The summed E-state index contributed by atoms with van der Waals surface area (Å²) in [5, 5.41) is 3.31. The van der Waals surface area contributed by atoms with Crippen LogP contribution in [0, 0.1) is 6.92 Å². The summed E-state index contributed by atoms with van der Waals surface area (Å²) in [5.74, 6) is 1.20. The van der Waals surface area contributed by atoms with E-state index in [1.807, 2.05) is 11.8 Å². The molecule has 2 nitrogen and oxygen atoms in total. The molecule has 100 valence electrons. The van der Waals surface area contributed by atoms with Crippen molar-refractivity contribution in [2.45, 2.75) is 30.7 Å². The predicted octanol–water partition coefficient (Wildman–Crippen LogP) is 2.77. The Bertz CT molecular complexity index is 350. The Morgan fingerprint density at radius 1 is 1.33 bits per heavy atom. The second-order valence-corrected chi connectivity index (χ2v) is 6.22. The summed E-state index contributed by atoms with van der Waals surface area (Å²) >= 11 is 1.97. The molecule has 1 atom stereocenters. The molecule has 1 aromatic carbocycles. The highest BCUT2D eigenvalue weighted by atomic mass is 32.2. The van der Waals surface area contributed by atoms with Crippen molar-refractivity contribution in [3.8, 4) is 0 Å². The number of likely N-dealkylation sites (N-methyl/N-ethyl adjacent to an activating group) is 1. The third kappa shape index (κ3) is 4.01. The Morgan fingerprint density at radius 2 is 2.11 bits per heavy atom. The number of hydrogen-bond donors (Lipinski definition) is 1. The molecule has 2 rings (SSSR count). The standard InChI is InChI=1S/C15H24N2S/c1-13-5-7-15(8-6-13)18-11-10-17-9-3-4-14(17)12-16-2/h5-8,14,16H,3-4,9-12H2,1-2H3. The quantitative estimate of drug-likeness (QED) is 0.795. The summed E-state index contributed by atoms with van der Waals surface area (Å²) in [6.45, 7) is 5.77. The monoisotopic (exact) mass is 264 g/mol. The Kier molecular flexibility index (Phi) is 5.54. The number of hydrogen-bond acceptors (Lipinski definition) is 3. The Balaban J connectivity index is 1.73. The van der Waals surface area contributed by atoms with Gasteiger partial charge in [-0.3, -0.25) is 4.90 Å². The highest BCUT2D eigenvalue weighted by Gasteiger charge is 2.22. The van der Waals surface area contributed by atoms with Crippen molar-refractivity contribution < 1.29 is 0 Å². The Hall–Kier alpha value is -0.510. The van der Waals surface area contributed by atoms with Gasteiger partial charge in [-0.1, -0.05) is 17.7 Å². The minimum atomic E-state index is 0.758. The number of benzene rings is 1. The molecule has 0 radical (unpaired) electrons. The number of aryl methyl sites for hydroxylation is 1. The molecule has 1 saturated heterocycles. The SMILES string of the molecule is CNCC1CCCN1CCSc1ccc(C)cc1. The minimum absolute atomic E-state index is 0.758. The van der Waals surface area contributed by atoms with Crippen LogP contribution in [-0.4, -0.2) is 43.4 Å². The lowest BCUT2D eigenvalue weighted by Crippen LogP contribution is -2.37. The highest BCUT2D eigenvalue weighted by Crippen LogP contribution is 2.21. The molecule has 0 saturated carbocycles. The van der Waals surface area contributed by atoms with Gasteiger partial charge in [0.1, 0.15) is 0 Å². The van der Waals surface area contributed by atoms with Gasteiger partial charge in [0.05, 0.1) is 0 Å². The first-order valence-corrected chi connectivity index (χ1v) is 7.86.